The van der Waals surface area contributed by atoms with Crippen molar-refractivity contribution in [2.75, 3.05) is 5.73 Å². The third kappa shape index (κ3) is 1.79. The monoisotopic (exact) mass is 203 g/mol. The average molecular weight is 203 g/mol. The molecule has 0 fully saturated rings. The smallest absolute Gasteiger partial charge is 0.145 e. The van der Waals surface area contributed by atoms with Gasteiger partial charge in [-0.3, -0.25) is 5.10 Å². The second-order valence-corrected chi connectivity index (χ2v) is 3.41. The number of aromatic nitrogens is 2. The highest BCUT2D eigenvalue weighted by Gasteiger charge is 2.07. The van der Waals surface area contributed by atoms with Crippen LogP contribution in [0.15, 0.2) is 24.3 Å². The number of aromatic hydroxyl groups is 1. The maximum absolute atomic E-state index is 9.70. The number of hydrogen-bond donors (Lipinski definition) is 3. The molecule has 0 amide bonds. The normalized spacial score (nSPS) is 10.5. The molecule has 78 valence electrons. The van der Waals surface area contributed by atoms with E-state index in [0.717, 1.165) is 23.2 Å². The molecule has 0 radical (unpaired) electrons. The van der Waals surface area contributed by atoms with Crippen LogP contribution in [0.25, 0.3) is 11.3 Å². The minimum absolute atomic E-state index is 0.232. The van der Waals surface area contributed by atoms with Crippen molar-refractivity contribution in [3.05, 3.63) is 29.8 Å². The number of nitrogen functional groups attached to an aromatic ring is 1. The van der Waals surface area contributed by atoms with Gasteiger partial charge in [0.25, 0.3) is 0 Å². The van der Waals surface area contributed by atoms with Gasteiger partial charge in [0.2, 0.25) is 0 Å². The van der Waals surface area contributed by atoms with Crippen LogP contribution in [0.5, 0.6) is 5.75 Å². The number of nitrogens with two attached hydrogens (primary N) is 1. The summed E-state index contributed by atoms with van der Waals surface area (Å²) in [6, 6.07) is 7.22. The molecule has 0 atom stereocenters. The van der Waals surface area contributed by atoms with Gasteiger partial charge in [0.1, 0.15) is 11.6 Å². The fraction of sp³-hybridized carbons (Fsp3) is 0.182. The lowest BCUT2D eigenvalue weighted by molar-refractivity contribution is 0.477. The van der Waals surface area contributed by atoms with E-state index in [2.05, 4.69) is 17.1 Å². The number of nitrogens with zero attached hydrogens (tertiary/aromatic N) is 1. The van der Waals surface area contributed by atoms with Crippen molar-refractivity contribution in [3.8, 4) is 17.0 Å². The van der Waals surface area contributed by atoms with Crippen molar-refractivity contribution in [1.82, 2.24) is 10.2 Å². The summed E-state index contributed by atoms with van der Waals surface area (Å²) in [5.74, 6) is 0.655. The Balaban J connectivity index is 2.51. The van der Waals surface area contributed by atoms with E-state index in [9.17, 15) is 5.11 Å². The summed E-state index contributed by atoms with van der Waals surface area (Å²) >= 11 is 0. The molecule has 2 rings (SSSR count). The molecular weight excluding hydrogens is 190 g/mol. The maximum Gasteiger partial charge on any atom is 0.145 e. The Kier molecular flexibility index (Phi) is 2.33. The number of phenols is 1. The number of anilines is 1. The lowest BCUT2D eigenvalue weighted by atomic mass is 10.1. The number of hydrogen-bond acceptors (Lipinski definition) is 3. The van der Waals surface area contributed by atoms with E-state index in [1.807, 2.05) is 12.1 Å². The Hall–Kier alpha value is -1.97. The molecule has 0 aliphatic rings. The van der Waals surface area contributed by atoms with E-state index in [0.29, 0.717) is 5.82 Å². The van der Waals surface area contributed by atoms with Crippen molar-refractivity contribution < 1.29 is 5.11 Å². The molecule has 0 saturated heterocycles. The second kappa shape index (κ2) is 3.65. The molecule has 0 aliphatic carbocycles. The molecule has 0 unspecified atom stereocenters. The van der Waals surface area contributed by atoms with Crippen LogP contribution in [0.2, 0.25) is 0 Å². The lowest BCUT2D eigenvalue weighted by Gasteiger charge is -2.04. The molecule has 1 heterocycles. The molecule has 4 nitrogen and oxygen atoms in total. The van der Waals surface area contributed by atoms with Crippen LogP contribution in [0.1, 0.15) is 12.5 Å². The van der Waals surface area contributed by atoms with Crippen LogP contribution in [0.3, 0.4) is 0 Å². The molecule has 15 heavy (non-hydrogen) atoms. The van der Waals surface area contributed by atoms with E-state index < -0.39 is 0 Å². The first-order valence-electron chi connectivity index (χ1n) is 4.84. The number of aromatic amines is 1. The molecule has 1 aromatic heterocycles. The van der Waals surface area contributed by atoms with Gasteiger partial charge in [-0.2, -0.15) is 5.10 Å². The summed E-state index contributed by atoms with van der Waals surface area (Å²) in [4.78, 5) is 0. The van der Waals surface area contributed by atoms with Crippen molar-refractivity contribution in [2.45, 2.75) is 13.3 Å². The SMILES string of the molecule is CCc1ccc(O)c(-c2cc(N)n[nH]2)c1. The van der Waals surface area contributed by atoms with Crippen molar-refractivity contribution in [3.63, 3.8) is 0 Å². The highest BCUT2D eigenvalue weighted by Crippen LogP contribution is 2.29. The van der Waals surface area contributed by atoms with Gasteiger partial charge in [0.15, 0.2) is 0 Å². The van der Waals surface area contributed by atoms with Crippen molar-refractivity contribution >= 4 is 5.82 Å². The van der Waals surface area contributed by atoms with E-state index in [-0.39, 0.29) is 5.75 Å². The summed E-state index contributed by atoms with van der Waals surface area (Å²) in [6.07, 6.45) is 0.927. The van der Waals surface area contributed by atoms with Gasteiger partial charge in [0.05, 0.1) is 5.69 Å². The largest absolute Gasteiger partial charge is 0.507 e. The van der Waals surface area contributed by atoms with Crippen LogP contribution in [-0.4, -0.2) is 15.3 Å². The van der Waals surface area contributed by atoms with E-state index in [1.165, 1.54) is 0 Å². The van der Waals surface area contributed by atoms with Crippen LogP contribution in [-0.2, 0) is 6.42 Å². The van der Waals surface area contributed by atoms with Crippen molar-refractivity contribution in [1.29, 1.82) is 0 Å². The number of H-pyrrole nitrogens is 1. The molecule has 0 saturated carbocycles. The first kappa shape index (κ1) is 9.58. The predicted molar refractivity (Wildman–Crippen MR) is 59.5 cm³/mol. The predicted octanol–water partition coefficient (Wildman–Crippen LogP) is 1.93. The fourth-order valence-electron chi connectivity index (χ4n) is 1.49. The lowest BCUT2D eigenvalue weighted by Crippen LogP contribution is -1.84. The van der Waals surface area contributed by atoms with Crippen LogP contribution >= 0.6 is 0 Å². The standard InChI is InChI=1S/C11H13N3O/c1-2-7-3-4-10(15)8(5-7)9-6-11(12)14-13-9/h3-6,15H,2H2,1H3,(H3,12,13,14). The molecule has 4 N–H and O–H groups in total. The highest BCUT2D eigenvalue weighted by atomic mass is 16.3. The zero-order valence-electron chi connectivity index (χ0n) is 8.49. The third-order valence-corrected chi connectivity index (χ3v) is 2.36. The first-order chi connectivity index (χ1) is 7.20. The number of rotatable bonds is 2. The minimum Gasteiger partial charge on any atom is -0.507 e. The Labute approximate surface area is 87.7 Å². The maximum atomic E-state index is 9.70. The minimum atomic E-state index is 0.232. The van der Waals surface area contributed by atoms with Gasteiger partial charge in [-0.15, -0.1) is 0 Å². The number of nitrogens with one attached hydrogen (secondary N) is 1. The summed E-state index contributed by atoms with van der Waals surface area (Å²) in [5.41, 5.74) is 8.15. The summed E-state index contributed by atoms with van der Waals surface area (Å²) in [5, 5.41) is 16.3. The first-order valence-corrected chi connectivity index (χ1v) is 4.84. The topological polar surface area (TPSA) is 74.9 Å². The molecule has 0 aliphatic heterocycles. The summed E-state index contributed by atoms with van der Waals surface area (Å²) in [7, 11) is 0. The summed E-state index contributed by atoms with van der Waals surface area (Å²) in [6.45, 7) is 2.07. The van der Waals surface area contributed by atoms with Gasteiger partial charge in [-0.05, 0) is 24.1 Å². The van der Waals surface area contributed by atoms with Crippen LogP contribution in [0, 0.1) is 0 Å². The molecule has 1 aromatic carbocycles. The van der Waals surface area contributed by atoms with E-state index >= 15 is 0 Å². The molecule has 4 heteroatoms. The number of aryl methyl sites for hydroxylation is 1. The molecule has 0 bridgehead atoms. The van der Waals surface area contributed by atoms with Gasteiger partial charge in [0, 0.05) is 11.6 Å². The van der Waals surface area contributed by atoms with Gasteiger partial charge >= 0.3 is 0 Å². The Bertz CT molecular complexity index is 476. The molecule has 2 aromatic rings. The Morgan fingerprint density at radius 1 is 1.40 bits per heavy atom. The molecule has 0 spiro atoms. The fourth-order valence-corrected chi connectivity index (χ4v) is 1.49. The van der Waals surface area contributed by atoms with Gasteiger partial charge in [-0.25, -0.2) is 0 Å². The van der Waals surface area contributed by atoms with Crippen LogP contribution < -0.4 is 5.73 Å². The second-order valence-electron chi connectivity index (χ2n) is 3.41. The van der Waals surface area contributed by atoms with Crippen molar-refractivity contribution in [2.24, 2.45) is 0 Å². The summed E-state index contributed by atoms with van der Waals surface area (Å²) < 4.78 is 0. The zero-order chi connectivity index (χ0) is 10.8. The Morgan fingerprint density at radius 2 is 2.20 bits per heavy atom. The number of benzene rings is 1. The van der Waals surface area contributed by atoms with Gasteiger partial charge < -0.3 is 10.8 Å². The quantitative estimate of drug-likeness (QED) is 0.698. The van der Waals surface area contributed by atoms with E-state index in [4.69, 9.17) is 5.73 Å². The highest BCUT2D eigenvalue weighted by molar-refractivity contribution is 5.69. The average Bonchev–Trinajstić information content (AvgIpc) is 2.65. The Morgan fingerprint density at radius 3 is 2.80 bits per heavy atom. The third-order valence-electron chi connectivity index (χ3n) is 2.36. The van der Waals surface area contributed by atoms with Crippen LogP contribution in [0.4, 0.5) is 5.82 Å². The van der Waals surface area contributed by atoms with Gasteiger partial charge in [-0.1, -0.05) is 13.0 Å². The number of phenolic OH excluding ortho intramolecular Hbond substituents is 1. The van der Waals surface area contributed by atoms with E-state index in [1.54, 1.807) is 12.1 Å². The zero-order valence-corrected chi connectivity index (χ0v) is 8.49. The molecular formula is C11H13N3O.